The van der Waals surface area contributed by atoms with Crippen LogP contribution in [-0.2, 0) is 16.6 Å². The summed E-state index contributed by atoms with van der Waals surface area (Å²) in [6, 6.07) is 3.18. The maximum Gasteiger partial charge on any atom is 0.242 e. The Morgan fingerprint density at radius 1 is 1.33 bits per heavy atom. The van der Waals surface area contributed by atoms with Crippen molar-refractivity contribution in [2.24, 2.45) is 0 Å². The molecule has 8 heteroatoms. The molecule has 0 bridgehead atoms. The lowest BCUT2D eigenvalue weighted by atomic mass is 10.2. The molecule has 0 aliphatic carbocycles. The van der Waals surface area contributed by atoms with Gasteiger partial charge in [0.25, 0.3) is 0 Å². The van der Waals surface area contributed by atoms with Crippen molar-refractivity contribution >= 4 is 27.4 Å². The SMILES string of the molecule is CNc1ncc(S(=O)(=O)NCc2cnccc2C)cc1Cl. The molecule has 0 atom stereocenters. The first-order chi connectivity index (χ1) is 9.94. The molecular weight excluding hydrogens is 312 g/mol. The lowest BCUT2D eigenvalue weighted by molar-refractivity contribution is 0.580. The molecule has 0 saturated carbocycles. The predicted octanol–water partition coefficient (Wildman–Crippen LogP) is 1.96. The number of sulfonamides is 1. The molecule has 0 fully saturated rings. The second-order valence-corrected chi connectivity index (χ2v) is 6.55. The summed E-state index contributed by atoms with van der Waals surface area (Å²) in [6.07, 6.45) is 4.55. The second-order valence-electron chi connectivity index (χ2n) is 4.38. The van der Waals surface area contributed by atoms with Crippen LogP contribution in [-0.4, -0.2) is 25.4 Å². The number of hydrogen-bond acceptors (Lipinski definition) is 5. The van der Waals surface area contributed by atoms with Crippen LogP contribution in [0.25, 0.3) is 0 Å². The van der Waals surface area contributed by atoms with Gasteiger partial charge in [-0.25, -0.2) is 18.1 Å². The summed E-state index contributed by atoms with van der Waals surface area (Å²) >= 11 is 5.95. The van der Waals surface area contributed by atoms with E-state index in [1.807, 2.05) is 13.0 Å². The van der Waals surface area contributed by atoms with Crippen LogP contribution in [0.4, 0.5) is 5.82 Å². The third kappa shape index (κ3) is 3.69. The summed E-state index contributed by atoms with van der Waals surface area (Å²) in [6.45, 7) is 2.05. The summed E-state index contributed by atoms with van der Waals surface area (Å²) in [4.78, 5) is 7.96. The third-order valence-corrected chi connectivity index (χ3v) is 4.62. The molecule has 2 rings (SSSR count). The highest BCUT2D eigenvalue weighted by Crippen LogP contribution is 2.22. The van der Waals surface area contributed by atoms with Crippen molar-refractivity contribution in [2.45, 2.75) is 18.4 Å². The molecule has 0 aromatic carbocycles. The molecule has 112 valence electrons. The van der Waals surface area contributed by atoms with Gasteiger partial charge in [-0.2, -0.15) is 0 Å². The largest absolute Gasteiger partial charge is 0.372 e. The van der Waals surface area contributed by atoms with Crippen LogP contribution in [0.5, 0.6) is 0 Å². The Morgan fingerprint density at radius 3 is 2.71 bits per heavy atom. The van der Waals surface area contributed by atoms with Crippen LogP contribution in [0.2, 0.25) is 5.02 Å². The number of anilines is 1. The highest BCUT2D eigenvalue weighted by atomic mass is 35.5. The number of nitrogens with zero attached hydrogens (tertiary/aromatic N) is 2. The fourth-order valence-corrected chi connectivity index (χ4v) is 2.99. The van der Waals surface area contributed by atoms with Crippen molar-refractivity contribution in [3.8, 4) is 0 Å². The molecule has 0 amide bonds. The van der Waals surface area contributed by atoms with Crippen molar-refractivity contribution in [1.29, 1.82) is 0 Å². The van der Waals surface area contributed by atoms with E-state index in [1.54, 1.807) is 19.4 Å². The van der Waals surface area contributed by atoms with Gasteiger partial charge >= 0.3 is 0 Å². The van der Waals surface area contributed by atoms with Gasteiger partial charge in [0.2, 0.25) is 10.0 Å². The van der Waals surface area contributed by atoms with Crippen LogP contribution < -0.4 is 10.0 Å². The highest BCUT2D eigenvalue weighted by molar-refractivity contribution is 7.89. The quantitative estimate of drug-likeness (QED) is 0.877. The number of halogens is 1. The fourth-order valence-electron chi connectivity index (χ4n) is 1.69. The fraction of sp³-hybridized carbons (Fsp3) is 0.231. The van der Waals surface area contributed by atoms with Crippen LogP contribution >= 0.6 is 11.6 Å². The van der Waals surface area contributed by atoms with E-state index in [-0.39, 0.29) is 16.5 Å². The topological polar surface area (TPSA) is 84.0 Å². The second kappa shape index (κ2) is 6.38. The van der Waals surface area contributed by atoms with E-state index in [1.165, 1.54) is 12.3 Å². The molecule has 0 aliphatic rings. The van der Waals surface area contributed by atoms with E-state index in [9.17, 15) is 8.42 Å². The maximum atomic E-state index is 12.2. The Labute approximate surface area is 128 Å². The van der Waals surface area contributed by atoms with Crippen molar-refractivity contribution in [1.82, 2.24) is 14.7 Å². The van der Waals surface area contributed by atoms with E-state index >= 15 is 0 Å². The van der Waals surface area contributed by atoms with Crippen LogP contribution in [0.1, 0.15) is 11.1 Å². The first-order valence-corrected chi connectivity index (χ1v) is 8.02. The minimum absolute atomic E-state index is 0.0213. The summed E-state index contributed by atoms with van der Waals surface area (Å²) in [5.74, 6) is 0.429. The van der Waals surface area contributed by atoms with Crippen molar-refractivity contribution < 1.29 is 8.42 Å². The number of aromatic nitrogens is 2. The Balaban J connectivity index is 2.19. The van der Waals surface area contributed by atoms with Gasteiger partial charge < -0.3 is 5.32 Å². The summed E-state index contributed by atoms with van der Waals surface area (Å²) < 4.78 is 26.9. The molecule has 0 saturated heterocycles. The molecule has 0 spiro atoms. The molecular formula is C13H15ClN4O2S. The van der Waals surface area contributed by atoms with Gasteiger partial charge in [0.1, 0.15) is 10.7 Å². The summed E-state index contributed by atoms with van der Waals surface area (Å²) in [5.41, 5.74) is 1.78. The number of aryl methyl sites for hydroxylation is 1. The van der Waals surface area contributed by atoms with E-state index in [2.05, 4.69) is 20.0 Å². The first-order valence-electron chi connectivity index (χ1n) is 6.16. The van der Waals surface area contributed by atoms with Crippen molar-refractivity contribution in [3.05, 3.63) is 46.9 Å². The van der Waals surface area contributed by atoms with Gasteiger partial charge in [-0.3, -0.25) is 4.98 Å². The molecule has 2 N–H and O–H groups in total. The Kier molecular flexibility index (Phi) is 4.76. The van der Waals surface area contributed by atoms with E-state index in [0.29, 0.717) is 5.82 Å². The van der Waals surface area contributed by atoms with Gasteiger partial charge in [0.05, 0.1) is 5.02 Å². The van der Waals surface area contributed by atoms with Crippen molar-refractivity contribution in [2.75, 3.05) is 12.4 Å². The third-order valence-electron chi connectivity index (χ3n) is 2.96. The maximum absolute atomic E-state index is 12.2. The lowest BCUT2D eigenvalue weighted by Crippen LogP contribution is -2.24. The number of rotatable bonds is 5. The van der Waals surface area contributed by atoms with E-state index in [4.69, 9.17) is 11.6 Å². The highest BCUT2D eigenvalue weighted by Gasteiger charge is 2.16. The van der Waals surface area contributed by atoms with E-state index in [0.717, 1.165) is 11.1 Å². The zero-order chi connectivity index (χ0) is 15.5. The van der Waals surface area contributed by atoms with Crippen LogP contribution in [0.15, 0.2) is 35.6 Å². The Bertz CT molecular complexity index is 750. The molecule has 0 unspecified atom stereocenters. The smallest absolute Gasteiger partial charge is 0.242 e. The number of hydrogen-bond donors (Lipinski definition) is 2. The summed E-state index contributed by atoms with van der Waals surface area (Å²) in [7, 11) is -2.02. The van der Waals surface area contributed by atoms with Gasteiger partial charge in [-0.1, -0.05) is 11.6 Å². The number of pyridine rings is 2. The predicted molar refractivity (Wildman–Crippen MR) is 81.8 cm³/mol. The van der Waals surface area contributed by atoms with Gasteiger partial charge in [0, 0.05) is 32.2 Å². The zero-order valence-corrected chi connectivity index (χ0v) is 13.2. The van der Waals surface area contributed by atoms with Gasteiger partial charge in [-0.05, 0) is 30.2 Å². The minimum atomic E-state index is -3.68. The lowest BCUT2D eigenvalue weighted by Gasteiger charge is -2.09. The van der Waals surface area contributed by atoms with Gasteiger partial charge in [-0.15, -0.1) is 0 Å². The Morgan fingerprint density at radius 2 is 2.10 bits per heavy atom. The normalized spacial score (nSPS) is 11.4. The molecule has 21 heavy (non-hydrogen) atoms. The minimum Gasteiger partial charge on any atom is -0.372 e. The molecule has 2 aromatic heterocycles. The molecule has 2 heterocycles. The van der Waals surface area contributed by atoms with E-state index < -0.39 is 10.0 Å². The zero-order valence-electron chi connectivity index (χ0n) is 11.6. The molecule has 2 aromatic rings. The first kappa shape index (κ1) is 15.7. The monoisotopic (exact) mass is 326 g/mol. The Hall–Kier alpha value is -1.70. The molecule has 0 radical (unpaired) electrons. The molecule has 0 aliphatic heterocycles. The average Bonchev–Trinajstić information content (AvgIpc) is 2.46. The van der Waals surface area contributed by atoms with Crippen LogP contribution in [0.3, 0.4) is 0 Å². The van der Waals surface area contributed by atoms with Crippen molar-refractivity contribution in [3.63, 3.8) is 0 Å². The van der Waals surface area contributed by atoms with Gasteiger partial charge in [0.15, 0.2) is 0 Å². The number of nitrogens with one attached hydrogen (secondary N) is 2. The van der Waals surface area contributed by atoms with Crippen LogP contribution in [0, 0.1) is 6.92 Å². The standard InChI is InChI=1S/C13H15ClN4O2S/c1-9-3-4-16-6-10(9)7-18-21(19,20)11-5-12(14)13(15-2)17-8-11/h3-6,8,18H,7H2,1-2H3,(H,15,17). The molecule has 6 nitrogen and oxygen atoms in total. The average molecular weight is 327 g/mol. The summed E-state index contributed by atoms with van der Waals surface area (Å²) in [5, 5.41) is 3.02.